The molecule has 0 bridgehead atoms. The number of hydrogen-bond acceptors (Lipinski definition) is 4. The molecule has 17 heavy (non-hydrogen) atoms. The van der Waals surface area contributed by atoms with Crippen molar-refractivity contribution in [3.05, 3.63) is 0 Å². The second-order valence-corrected chi connectivity index (χ2v) is 5.55. The third-order valence-electron chi connectivity index (χ3n) is 2.56. The van der Waals surface area contributed by atoms with Crippen LogP contribution in [0.25, 0.3) is 0 Å². The van der Waals surface area contributed by atoms with Crippen LogP contribution in [0.15, 0.2) is 0 Å². The molecule has 0 radical (unpaired) electrons. The number of alkyl carbamates (subject to hydrolysis) is 1. The summed E-state index contributed by atoms with van der Waals surface area (Å²) in [6.45, 7) is 8.37. The molecule has 0 heterocycles. The Balaban J connectivity index is 2.13. The maximum atomic E-state index is 11.5. The molecule has 0 spiro atoms. The molecule has 5 nitrogen and oxygen atoms in total. The molecular weight excluding hydrogens is 220 g/mol. The van der Waals surface area contributed by atoms with Gasteiger partial charge >= 0.3 is 6.09 Å². The average Bonchev–Trinajstić information content (AvgIpc) is 2.89. The van der Waals surface area contributed by atoms with Crippen LogP contribution in [0.2, 0.25) is 0 Å². The normalized spacial score (nSPS) is 25.2. The van der Waals surface area contributed by atoms with E-state index in [0.29, 0.717) is 6.04 Å². The molecule has 0 aromatic rings. The highest BCUT2D eigenvalue weighted by Crippen LogP contribution is 2.21. The first kappa shape index (κ1) is 14.3. The molecule has 0 saturated heterocycles. The Bertz CT molecular complexity index is 263. The highest BCUT2D eigenvalue weighted by molar-refractivity contribution is 5.68. The van der Waals surface area contributed by atoms with E-state index in [2.05, 4.69) is 10.6 Å². The number of amides is 1. The van der Waals surface area contributed by atoms with Gasteiger partial charge in [-0.1, -0.05) is 0 Å². The quantitative estimate of drug-likeness (QED) is 0.765. The highest BCUT2D eigenvalue weighted by Gasteiger charge is 2.39. The Morgan fingerprint density at radius 2 is 2.06 bits per heavy atom. The summed E-state index contributed by atoms with van der Waals surface area (Å²) in [4.78, 5) is 11.5. The summed E-state index contributed by atoms with van der Waals surface area (Å²) in [5.41, 5.74) is -0.438. The van der Waals surface area contributed by atoms with Crippen molar-refractivity contribution in [2.24, 2.45) is 0 Å². The van der Waals surface area contributed by atoms with Crippen molar-refractivity contribution in [3.8, 4) is 0 Å². The van der Waals surface area contributed by atoms with Crippen molar-refractivity contribution < 1.29 is 14.3 Å². The summed E-state index contributed by atoms with van der Waals surface area (Å²) < 4.78 is 10.3. The predicted octanol–water partition coefficient (Wildman–Crippen LogP) is 1.28. The van der Waals surface area contributed by atoms with Crippen molar-refractivity contribution in [1.29, 1.82) is 0 Å². The van der Waals surface area contributed by atoms with Crippen LogP contribution in [0.1, 0.15) is 34.1 Å². The van der Waals surface area contributed by atoms with Crippen molar-refractivity contribution >= 4 is 6.09 Å². The fourth-order valence-corrected chi connectivity index (χ4v) is 1.44. The first-order valence-corrected chi connectivity index (χ1v) is 6.07. The van der Waals surface area contributed by atoms with Gasteiger partial charge in [0.05, 0.1) is 6.10 Å². The van der Waals surface area contributed by atoms with E-state index in [9.17, 15) is 4.79 Å². The number of ether oxygens (including phenoxy) is 2. The van der Waals surface area contributed by atoms with Gasteiger partial charge in [-0.3, -0.25) is 0 Å². The van der Waals surface area contributed by atoms with E-state index < -0.39 is 5.60 Å². The number of nitrogens with one attached hydrogen (secondary N) is 2. The van der Waals surface area contributed by atoms with Crippen LogP contribution in [-0.2, 0) is 9.47 Å². The summed E-state index contributed by atoms with van der Waals surface area (Å²) in [6.07, 6.45) is 0.805. The van der Waals surface area contributed by atoms with Crippen molar-refractivity contribution in [2.75, 3.05) is 13.7 Å². The molecule has 1 aliphatic carbocycles. The zero-order valence-corrected chi connectivity index (χ0v) is 11.4. The minimum absolute atomic E-state index is 0.189. The Hall–Kier alpha value is -0.810. The van der Waals surface area contributed by atoms with Crippen molar-refractivity contribution in [1.82, 2.24) is 10.6 Å². The standard InChI is InChI=1S/C12H24N2O3/c1-8(16-5)7-13-9-6-10(9)14-11(15)17-12(2,3)4/h8-10,13H,6-7H2,1-5H3,(H,14,15). The molecule has 100 valence electrons. The Labute approximate surface area is 103 Å². The minimum atomic E-state index is -0.438. The van der Waals surface area contributed by atoms with Gasteiger partial charge in [0.15, 0.2) is 0 Å². The van der Waals surface area contributed by atoms with E-state index in [4.69, 9.17) is 9.47 Å². The lowest BCUT2D eigenvalue weighted by molar-refractivity contribution is 0.0521. The molecule has 1 amide bonds. The lowest BCUT2D eigenvalue weighted by Crippen LogP contribution is -2.38. The number of carbonyl (C=O) groups excluding carboxylic acids is 1. The number of methoxy groups -OCH3 is 1. The fraction of sp³-hybridized carbons (Fsp3) is 0.917. The molecule has 0 aromatic heterocycles. The van der Waals surface area contributed by atoms with Gasteiger partial charge in [-0.05, 0) is 34.1 Å². The van der Waals surface area contributed by atoms with E-state index in [-0.39, 0.29) is 18.2 Å². The zero-order valence-electron chi connectivity index (χ0n) is 11.4. The summed E-state index contributed by atoms with van der Waals surface area (Å²) >= 11 is 0. The Kier molecular flexibility index (Phi) is 4.77. The first-order valence-electron chi connectivity index (χ1n) is 6.07. The largest absolute Gasteiger partial charge is 0.444 e. The fourth-order valence-electron chi connectivity index (χ4n) is 1.44. The third-order valence-corrected chi connectivity index (χ3v) is 2.56. The molecule has 2 N–H and O–H groups in total. The second kappa shape index (κ2) is 5.69. The van der Waals surface area contributed by atoms with Crippen LogP contribution in [0.3, 0.4) is 0 Å². The van der Waals surface area contributed by atoms with Crippen LogP contribution >= 0.6 is 0 Å². The zero-order chi connectivity index (χ0) is 13.1. The van der Waals surface area contributed by atoms with Gasteiger partial charge in [0.1, 0.15) is 5.60 Å². The molecule has 3 unspecified atom stereocenters. The Morgan fingerprint density at radius 1 is 1.41 bits per heavy atom. The first-order chi connectivity index (χ1) is 7.81. The van der Waals surface area contributed by atoms with Gasteiger partial charge in [0, 0.05) is 25.7 Å². The van der Waals surface area contributed by atoms with Crippen LogP contribution in [0.4, 0.5) is 4.79 Å². The summed E-state index contributed by atoms with van der Waals surface area (Å²) in [5, 5.41) is 6.17. The summed E-state index contributed by atoms with van der Waals surface area (Å²) in [6, 6.07) is 0.536. The van der Waals surface area contributed by atoms with E-state index in [1.807, 2.05) is 27.7 Å². The lowest BCUT2D eigenvalue weighted by atomic mass is 10.2. The van der Waals surface area contributed by atoms with Crippen LogP contribution < -0.4 is 10.6 Å². The smallest absolute Gasteiger partial charge is 0.407 e. The molecule has 0 aromatic carbocycles. The van der Waals surface area contributed by atoms with E-state index >= 15 is 0 Å². The van der Waals surface area contributed by atoms with Crippen molar-refractivity contribution in [3.63, 3.8) is 0 Å². The van der Waals surface area contributed by atoms with Gasteiger partial charge in [-0.25, -0.2) is 4.79 Å². The van der Waals surface area contributed by atoms with Gasteiger partial charge in [-0.2, -0.15) is 0 Å². The Morgan fingerprint density at radius 3 is 2.59 bits per heavy atom. The number of hydrogen-bond donors (Lipinski definition) is 2. The molecule has 1 aliphatic rings. The summed E-state index contributed by atoms with van der Waals surface area (Å²) in [5.74, 6) is 0. The second-order valence-electron chi connectivity index (χ2n) is 5.55. The molecular formula is C12H24N2O3. The van der Waals surface area contributed by atoms with Crippen molar-refractivity contribution in [2.45, 2.75) is 57.9 Å². The lowest BCUT2D eigenvalue weighted by Gasteiger charge is -2.19. The maximum Gasteiger partial charge on any atom is 0.407 e. The maximum absolute atomic E-state index is 11.5. The van der Waals surface area contributed by atoms with Gasteiger partial charge < -0.3 is 20.1 Å². The molecule has 0 aliphatic heterocycles. The molecule has 1 fully saturated rings. The van der Waals surface area contributed by atoms with E-state index in [0.717, 1.165) is 13.0 Å². The highest BCUT2D eigenvalue weighted by atomic mass is 16.6. The van der Waals surface area contributed by atoms with E-state index in [1.165, 1.54) is 0 Å². The predicted molar refractivity (Wildman–Crippen MR) is 66.0 cm³/mol. The third kappa shape index (κ3) is 5.89. The van der Waals surface area contributed by atoms with E-state index in [1.54, 1.807) is 7.11 Å². The van der Waals surface area contributed by atoms with Gasteiger partial charge in [0.25, 0.3) is 0 Å². The summed E-state index contributed by atoms with van der Waals surface area (Å²) in [7, 11) is 1.69. The molecule has 1 rings (SSSR count). The number of rotatable bonds is 5. The number of carbonyl (C=O) groups is 1. The molecule has 5 heteroatoms. The van der Waals surface area contributed by atoms with Crippen LogP contribution in [-0.4, -0.2) is 43.5 Å². The molecule has 1 saturated carbocycles. The monoisotopic (exact) mass is 244 g/mol. The van der Waals surface area contributed by atoms with Crippen LogP contribution in [0, 0.1) is 0 Å². The minimum Gasteiger partial charge on any atom is -0.444 e. The topological polar surface area (TPSA) is 59.6 Å². The SMILES string of the molecule is COC(C)CNC1CC1NC(=O)OC(C)(C)C. The van der Waals surface area contributed by atoms with Gasteiger partial charge in [0.2, 0.25) is 0 Å². The average molecular weight is 244 g/mol. The van der Waals surface area contributed by atoms with Gasteiger partial charge in [-0.15, -0.1) is 0 Å². The molecule has 3 atom stereocenters. The van der Waals surface area contributed by atoms with Crippen LogP contribution in [0.5, 0.6) is 0 Å².